The predicted molar refractivity (Wildman–Crippen MR) is 41.5 cm³/mol. The van der Waals surface area contributed by atoms with Crippen molar-refractivity contribution in [2.24, 2.45) is 23.3 Å². The van der Waals surface area contributed by atoms with Crippen LogP contribution in [0.2, 0.25) is 0 Å². The lowest BCUT2D eigenvalue weighted by molar-refractivity contribution is -0.129. The van der Waals surface area contributed by atoms with E-state index in [2.05, 4.69) is 5.32 Å². The second-order valence-electron chi connectivity index (χ2n) is 2.64. The molecule has 1 aliphatic rings. The van der Waals surface area contributed by atoms with E-state index in [4.69, 9.17) is 11.5 Å². The molecule has 65 valence electrons. The van der Waals surface area contributed by atoms with Crippen molar-refractivity contribution < 1.29 is 9.59 Å². The first-order valence-electron chi connectivity index (χ1n) is 3.55. The van der Waals surface area contributed by atoms with Crippen molar-refractivity contribution in [3.05, 3.63) is 12.3 Å². The topological polar surface area (TPSA) is 100 Å². The van der Waals surface area contributed by atoms with Crippen LogP contribution in [-0.4, -0.2) is 18.4 Å². The molecule has 0 saturated carbocycles. The predicted octanol–water partition coefficient (Wildman–Crippen LogP) is -1.68. The summed E-state index contributed by atoms with van der Waals surface area (Å²) < 4.78 is 0. The summed E-state index contributed by atoms with van der Waals surface area (Å²) >= 11 is 0. The fourth-order valence-electron chi connectivity index (χ4n) is 1.14. The third-order valence-electron chi connectivity index (χ3n) is 1.83. The molecule has 5 nitrogen and oxygen atoms in total. The number of hydrogen-bond acceptors (Lipinski definition) is 2. The van der Waals surface area contributed by atoms with Crippen LogP contribution in [0, 0.1) is 11.8 Å². The van der Waals surface area contributed by atoms with Gasteiger partial charge in [0.1, 0.15) is 0 Å². The van der Waals surface area contributed by atoms with Gasteiger partial charge in [0.25, 0.3) is 0 Å². The first kappa shape index (κ1) is 8.58. The van der Waals surface area contributed by atoms with E-state index in [9.17, 15) is 9.59 Å². The van der Waals surface area contributed by atoms with Crippen molar-refractivity contribution in [2.45, 2.75) is 0 Å². The highest BCUT2D eigenvalue weighted by molar-refractivity contribution is 5.87. The van der Waals surface area contributed by atoms with Crippen LogP contribution in [0.4, 0.5) is 0 Å². The van der Waals surface area contributed by atoms with E-state index in [1.165, 1.54) is 12.3 Å². The highest BCUT2D eigenvalue weighted by Crippen LogP contribution is 2.15. The van der Waals surface area contributed by atoms with Gasteiger partial charge in [-0.05, 0) is 0 Å². The largest absolute Gasteiger partial charge is 0.369 e. The average molecular weight is 168 g/mol. The third-order valence-corrected chi connectivity index (χ3v) is 1.83. The van der Waals surface area contributed by atoms with Crippen molar-refractivity contribution in [1.82, 2.24) is 5.32 Å². The van der Waals surface area contributed by atoms with E-state index in [1.54, 1.807) is 0 Å². The van der Waals surface area contributed by atoms with Gasteiger partial charge < -0.3 is 11.5 Å². The molecule has 0 aromatic carbocycles. The highest BCUT2D eigenvalue weighted by Gasteiger charge is 2.30. The lowest BCUT2D eigenvalue weighted by Crippen LogP contribution is -2.42. The van der Waals surface area contributed by atoms with Gasteiger partial charge in [-0.1, -0.05) is 6.08 Å². The minimum absolute atomic E-state index is 0.249. The Morgan fingerprint density at radius 2 is 2.00 bits per heavy atom. The Labute approximate surface area is 69.8 Å². The molecular formula is C7H10N3O2. The summed E-state index contributed by atoms with van der Waals surface area (Å²) in [5.74, 6) is -2.25. The smallest absolute Gasteiger partial charge is 0.225 e. The van der Waals surface area contributed by atoms with Crippen molar-refractivity contribution in [3.8, 4) is 0 Å². The molecule has 0 aromatic rings. The molecule has 4 N–H and O–H groups in total. The molecule has 2 amide bonds. The summed E-state index contributed by atoms with van der Waals surface area (Å²) in [5, 5.41) is 3.82. The Morgan fingerprint density at radius 1 is 1.33 bits per heavy atom. The van der Waals surface area contributed by atoms with Crippen LogP contribution in [0.5, 0.6) is 0 Å². The van der Waals surface area contributed by atoms with Crippen LogP contribution >= 0.6 is 0 Å². The molecule has 0 aliphatic carbocycles. The zero-order chi connectivity index (χ0) is 9.14. The SMILES string of the molecule is NC(=O)C1C=C[N]CC1C(N)=O. The molecule has 0 bridgehead atoms. The van der Waals surface area contributed by atoms with Gasteiger partial charge in [0.2, 0.25) is 11.8 Å². The van der Waals surface area contributed by atoms with Gasteiger partial charge in [-0.2, -0.15) is 0 Å². The summed E-state index contributed by atoms with van der Waals surface area (Å²) in [5.41, 5.74) is 10.1. The van der Waals surface area contributed by atoms with E-state index in [1.807, 2.05) is 0 Å². The quantitative estimate of drug-likeness (QED) is 0.514. The normalized spacial score (nSPS) is 27.7. The molecule has 1 aliphatic heterocycles. The second-order valence-corrected chi connectivity index (χ2v) is 2.64. The summed E-state index contributed by atoms with van der Waals surface area (Å²) in [4.78, 5) is 21.6. The van der Waals surface area contributed by atoms with Crippen molar-refractivity contribution in [3.63, 3.8) is 0 Å². The molecular weight excluding hydrogens is 158 g/mol. The number of nitrogens with two attached hydrogens (primary N) is 2. The average Bonchev–Trinajstić information content (AvgIpc) is 2.04. The van der Waals surface area contributed by atoms with Crippen LogP contribution in [0.15, 0.2) is 12.3 Å². The zero-order valence-corrected chi connectivity index (χ0v) is 6.43. The number of carbonyl (C=O) groups is 2. The summed E-state index contributed by atoms with van der Waals surface area (Å²) in [6.07, 6.45) is 2.98. The number of rotatable bonds is 2. The molecule has 12 heavy (non-hydrogen) atoms. The molecule has 5 heteroatoms. The standard InChI is InChI=1S/C7H10N3O2/c8-6(11)4-1-2-10-3-5(4)7(9)12/h1-2,4-5H,3H2,(H2,8,11)(H2,9,12). The number of primary amides is 2. The number of hydrogen-bond donors (Lipinski definition) is 2. The lowest BCUT2D eigenvalue weighted by Gasteiger charge is -2.21. The maximum atomic E-state index is 10.8. The Kier molecular flexibility index (Phi) is 2.32. The van der Waals surface area contributed by atoms with E-state index in [-0.39, 0.29) is 6.54 Å². The fraction of sp³-hybridized carbons (Fsp3) is 0.429. The molecule has 1 heterocycles. The summed E-state index contributed by atoms with van der Waals surface area (Å²) in [6.45, 7) is 0.249. The number of nitrogens with zero attached hydrogens (tertiary/aromatic N) is 1. The minimum atomic E-state index is -0.597. The monoisotopic (exact) mass is 168 g/mol. The maximum absolute atomic E-state index is 10.8. The van der Waals surface area contributed by atoms with Crippen molar-refractivity contribution in [1.29, 1.82) is 0 Å². The minimum Gasteiger partial charge on any atom is -0.369 e. The molecule has 2 unspecified atom stereocenters. The van der Waals surface area contributed by atoms with E-state index in [0.29, 0.717) is 0 Å². The molecule has 2 atom stereocenters. The van der Waals surface area contributed by atoms with Crippen LogP contribution < -0.4 is 16.8 Å². The zero-order valence-electron chi connectivity index (χ0n) is 6.43. The van der Waals surface area contributed by atoms with E-state index in [0.717, 1.165) is 0 Å². The van der Waals surface area contributed by atoms with Gasteiger partial charge in [-0.25, -0.2) is 0 Å². The van der Waals surface area contributed by atoms with Gasteiger partial charge in [-0.3, -0.25) is 14.9 Å². The van der Waals surface area contributed by atoms with Gasteiger partial charge >= 0.3 is 0 Å². The molecule has 0 spiro atoms. The lowest BCUT2D eigenvalue weighted by atomic mass is 9.89. The Morgan fingerprint density at radius 3 is 2.42 bits per heavy atom. The first-order chi connectivity index (χ1) is 5.63. The van der Waals surface area contributed by atoms with E-state index < -0.39 is 23.7 Å². The molecule has 0 aromatic heterocycles. The molecule has 1 radical (unpaired) electrons. The third kappa shape index (κ3) is 1.55. The van der Waals surface area contributed by atoms with Crippen LogP contribution in [0.25, 0.3) is 0 Å². The number of amides is 2. The van der Waals surface area contributed by atoms with Gasteiger partial charge in [-0.15, -0.1) is 0 Å². The van der Waals surface area contributed by atoms with Gasteiger partial charge in [0.05, 0.1) is 18.4 Å². The molecule has 0 fully saturated rings. The van der Waals surface area contributed by atoms with Gasteiger partial charge in [0.15, 0.2) is 0 Å². The van der Waals surface area contributed by atoms with Crippen LogP contribution in [-0.2, 0) is 9.59 Å². The van der Waals surface area contributed by atoms with Crippen LogP contribution in [0.3, 0.4) is 0 Å². The van der Waals surface area contributed by atoms with Crippen LogP contribution in [0.1, 0.15) is 0 Å². The second kappa shape index (κ2) is 3.25. The Balaban J connectivity index is 2.79. The van der Waals surface area contributed by atoms with Crippen molar-refractivity contribution in [2.75, 3.05) is 6.54 Å². The number of carbonyl (C=O) groups excluding carboxylic acids is 2. The molecule has 0 saturated heterocycles. The fourth-order valence-corrected chi connectivity index (χ4v) is 1.14. The molecule has 1 rings (SSSR count). The van der Waals surface area contributed by atoms with Crippen molar-refractivity contribution >= 4 is 11.8 Å². The first-order valence-corrected chi connectivity index (χ1v) is 3.55. The summed E-state index contributed by atoms with van der Waals surface area (Å²) in [7, 11) is 0. The Hall–Kier alpha value is -1.52. The summed E-state index contributed by atoms with van der Waals surface area (Å²) in [6, 6.07) is 0. The van der Waals surface area contributed by atoms with E-state index >= 15 is 0 Å². The maximum Gasteiger partial charge on any atom is 0.225 e. The van der Waals surface area contributed by atoms with Gasteiger partial charge in [0, 0.05) is 6.20 Å². The Bertz CT molecular complexity index is 237. The highest BCUT2D eigenvalue weighted by atomic mass is 16.2.